The SMILES string of the molecule is Nc1nccn2c([C@H]3C[C@H](O)[C@@H](CO)O3)cnc12. The number of anilines is 1. The van der Waals surface area contributed by atoms with Crippen LogP contribution in [-0.2, 0) is 4.74 Å². The summed E-state index contributed by atoms with van der Waals surface area (Å²) in [6.07, 6.45) is 3.92. The van der Waals surface area contributed by atoms with Crippen LogP contribution in [0.25, 0.3) is 5.65 Å². The van der Waals surface area contributed by atoms with Crippen LogP contribution in [0.15, 0.2) is 18.6 Å². The summed E-state index contributed by atoms with van der Waals surface area (Å²) in [7, 11) is 0. The summed E-state index contributed by atoms with van der Waals surface area (Å²) < 4.78 is 7.38. The lowest BCUT2D eigenvalue weighted by Gasteiger charge is -2.11. The molecule has 1 saturated heterocycles. The van der Waals surface area contributed by atoms with Gasteiger partial charge in [0.1, 0.15) is 12.2 Å². The number of aromatic nitrogens is 3. The Morgan fingerprint density at radius 3 is 3.06 bits per heavy atom. The molecule has 7 heteroatoms. The Labute approximate surface area is 103 Å². The average Bonchev–Trinajstić information content (AvgIpc) is 2.93. The minimum atomic E-state index is -0.662. The molecular weight excluding hydrogens is 236 g/mol. The maximum absolute atomic E-state index is 9.73. The number of fused-ring (bicyclic) bond motifs is 1. The van der Waals surface area contributed by atoms with E-state index in [1.807, 2.05) is 0 Å². The number of aliphatic hydroxyl groups excluding tert-OH is 2. The van der Waals surface area contributed by atoms with Crippen molar-refractivity contribution < 1.29 is 14.9 Å². The van der Waals surface area contributed by atoms with Crippen molar-refractivity contribution in [3.8, 4) is 0 Å². The first-order valence-electron chi connectivity index (χ1n) is 5.72. The molecule has 0 spiro atoms. The molecule has 0 radical (unpaired) electrons. The van der Waals surface area contributed by atoms with Gasteiger partial charge in [-0.1, -0.05) is 0 Å². The molecule has 18 heavy (non-hydrogen) atoms. The van der Waals surface area contributed by atoms with Gasteiger partial charge in [0.25, 0.3) is 0 Å². The highest BCUT2D eigenvalue weighted by Gasteiger charge is 2.35. The van der Waals surface area contributed by atoms with E-state index in [-0.39, 0.29) is 12.7 Å². The number of nitrogens with zero attached hydrogens (tertiary/aromatic N) is 3. The number of hydrogen-bond donors (Lipinski definition) is 3. The highest BCUT2D eigenvalue weighted by Crippen LogP contribution is 2.33. The molecule has 0 saturated carbocycles. The molecule has 0 unspecified atom stereocenters. The van der Waals surface area contributed by atoms with Gasteiger partial charge < -0.3 is 20.7 Å². The number of nitrogen functional groups attached to an aromatic ring is 1. The van der Waals surface area contributed by atoms with Crippen molar-refractivity contribution in [2.24, 2.45) is 0 Å². The van der Waals surface area contributed by atoms with Gasteiger partial charge in [0.05, 0.1) is 24.6 Å². The molecule has 3 rings (SSSR count). The van der Waals surface area contributed by atoms with Gasteiger partial charge in [-0.2, -0.15) is 0 Å². The summed E-state index contributed by atoms with van der Waals surface area (Å²) in [5, 5.41) is 18.8. The first kappa shape index (κ1) is 11.4. The molecule has 2 aromatic rings. The number of nitrogens with two attached hydrogens (primary N) is 1. The fourth-order valence-corrected chi connectivity index (χ4v) is 2.28. The van der Waals surface area contributed by atoms with Crippen LogP contribution in [0.1, 0.15) is 18.2 Å². The minimum Gasteiger partial charge on any atom is -0.394 e. The Hall–Kier alpha value is -1.70. The molecule has 0 bridgehead atoms. The summed E-state index contributed by atoms with van der Waals surface area (Å²) in [5.74, 6) is 0.348. The fourth-order valence-electron chi connectivity index (χ4n) is 2.28. The first-order chi connectivity index (χ1) is 8.70. The van der Waals surface area contributed by atoms with E-state index in [1.165, 1.54) is 0 Å². The Morgan fingerprint density at radius 2 is 2.33 bits per heavy atom. The van der Waals surface area contributed by atoms with Gasteiger partial charge >= 0.3 is 0 Å². The number of rotatable bonds is 2. The number of imidazole rings is 1. The molecule has 4 N–H and O–H groups in total. The Kier molecular flexibility index (Phi) is 2.66. The fraction of sp³-hybridized carbons (Fsp3) is 0.455. The monoisotopic (exact) mass is 250 g/mol. The molecular formula is C11H14N4O3. The van der Waals surface area contributed by atoms with Crippen LogP contribution < -0.4 is 5.73 Å². The highest BCUT2D eigenvalue weighted by atomic mass is 16.5. The number of hydrogen-bond acceptors (Lipinski definition) is 6. The van der Waals surface area contributed by atoms with Crippen molar-refractivity contribution in [2.75, 3.05) is 12.3 Å². The molecule has 96 valence electrons. The zero-order chi connectivity index (χ0) is 12.7. The first-order valence-corrected chi connectivity index (χ1v) is 5.72. The van der Waals surface area contributed by atoms with E-state index >= 15 is 0 Å². The Balaban J connectivity index is 1.99. The third-order valence-corrected chi connectivity index (χ3v) is 3.22. The van der Waals surface area contributed by atoms with E-state index in [0.717, 1.165) is 5.69 Å². The summed E-state index contributed by atoms with van der Waals surface area (Å²) in [4.78, 5) is 8.15. The van der Waals surface area contributed by atoms with Crippen molar-refractivity contribution in [1.82, 2.24) is 14.4 Å². The number of ether oxygens (including phenoxy) is 1. The molecule has 7 nitrogen and oxygen atoms in total. The van der Waals surface area contributed by atoms with Crippen molar-refractivity contribution >= 4 is 11.5 Å². The Morgan fingerprint density at radius 1 is 1.50 bits per heavy atom. The topological polar surface area (TPSA) is 106 Å². The summed E-state index contributed by atoms with van der Waals surface area (Å²) in [6.45, 7) is -0.196. The van der Waals surface area contributed by atoms with Gasteiger partial charge in [0, 0.05) is 18.8 Å². The van der Waals surface area contributed by atoms with Crippen molar-refractivity contribution in [3.63, 3.8) is 0 Å². The third-order valence-electron chi connectivity index (χ3n) is 3.22. The van der Waals surface area contributed by atoms with Crippen molar-refractivity contribution in [3.05, 3.63) is 24.3 Å². The van der Waals surface area contributed by atoms with Gasteiger partial charge in [0.15, 0.2) is 11.5 Å². The predicted octanol–water partition coefficient (Wildman–Crippen LogP) is -0.505. The largest absolute Gasteiger partial charge is 0.394 e. The van der Waals surface area contributed by atoms with E-state index in [1.54, 1.807) is 23.0 Å². The van der Waals surface area contributed by atoms with Crippen LogP contribution in [0.5, 0.6) is 0 Å². The van der Waals surface area contributed by atoms with E-state index in [4.69, 9.17) is 15.6 Å². The highest BCUT2D eigenvalue weighted by molar-refractivity contribution is 5.59. The second kappa shape index (κ2) is 4.20. The standard InChI is InChI=1S/C11H14N4O3/c12-10-11-14-4-6(15(11)2-1-13-10)8-3-7(17)9(5-16)18-8/h1-2,4,7-9,16-17H,3,5H2,(H2,12,13)/t7-,8+,9+/m0/s1. The van der Waals surface area contributed by atoms with Crippen LogP contribution in [0.2, 0.25) is 0 Å². The summed E-state index contributed by atoms with van der Waals surface area (Å²) in [6, 6.07) is 0. The lowest BCUT2D eigenvalue weighted by molar-refractivity contribution is -0.0237. The predicted molar refractivity (Wildman–Crippen MR) is 62.7 cm³/mol. The van der Waals surface area contributed by atoms with Gasteiger partial charge in [-0.05, 0) is 0 Å². The van der Waals surface area contributed by atoms with Crippen LogP contribution in [-0.4, -0.2) is 43.4 Å². The quantitative estimate of drug-likeness (QED) is 0.663. The molecule has 1 fully saturated rings. The molecule has 1 aliphatic rings. The van der Waals surface area contributed by atoms with Crippen LogP contribution in [0.4, 0.5) is 5.82 Å². The molecule has 0 amide bonds. The van der Waals surface area contributed by atoms with Crippen LogP contribution in [0.3, 0.4) is 0 Å². The lowest BCUT2D eigenvalue weighted by Crippen LogP contribution is -2.24. The van der Waals surface area contributed by atoms with Gasteiger partial charge in [-0.15, -0.1) is 0 Å². The molecule has 0 aromatic carbocycles. The molecule has 3 atom stereocenters. The van der Waals surface area contributed by atoms with Crippen molar-refractivity contribution in [2.45, 2.75) is 24.7 Å². The minimum absolute atomic E-state index is 0.196. The average molecular weight is 250 g/mol. The zero-order valence-corrected chi connectivity index (χ0v) is 9.60. The number of aliphatic hydroxyl groups is 2. The van der Waals surface area contributed by atoms with Gasteiger partial charge in [0.2, 0.25) is 0 Å². The zero-order valence-electron chi connectivity index (χ0n) is 9.60. The lowest BCUT2D eigenvalue weighted by atomic mass is 10.1. The van der Waals surface area contributed by atoms with E-state index in [9.17, 15) is 5.11 Å². The smallest absolute Gasteiger partial charge is 0.180 e. The van der Waals surface area contributed by atoms with Gasteiger partial charge in [-0.3, -0.25) is 4.40 Å². The molecule has 0 aliphatic carbocycles. The maximum atomic E-state index is 9.73. The molecule has 1 aliphatic heterocycles. The van der Waals surface area contributed by atoms with E-state index in [0.29, 0.717) is 17.9 Å². The van der Waals surface area contributed by atoms with E-state index < -0.39 is 12.2 Å². The molecule has 3 heterocycles. The third kappa shape index (κ3) is 1.64. The Bertz CT molecular complexity index is 570. The maximum Gasteiger partial charge on any atom is 0.180 e. The normalized spacial score (nSPS) is 28.0. The summed E-state index contributed by atoms with van der Waals surface area (Å²) in [5.41, 5.74) is 7.09. The van der Waals surface area contributed by atoms with Crippen LogP contribution >= 0.6 is 0 Å². The van der Waals surface area contributed by atoms with Crippen molar-refractivity contribution in [1.29, 1.82) is 0 Å². The van der Waals surface area contributed by atoms with Gasteiger partial charge in [-0.25, -0.2) is 9.97 Å². The summed E-state index contributed by atoms with van der Waals surface area (Å²) >= 11 is 0. The second-order valence-corrected chi connectivity index (χ2v) is 4.34. The van der Waals surface area contributed by atoms with E-state index in [2.05, 4.69) is 9.97 Å². The molecule has 2 aromatic heterocycles. The van der Waals surface area contributed by atoms with Crippen LogP contribution in [0, 0.1) is 0 Å². The second-order valence-electron chi connectivity index (χ2n) is 4.34.